The number of hydrogen-bond acceptors (Lipinski definition) is 2. The molecule has 2 atom stereocenters. The van der Waals surface area contributed by atoms with Crippen LogP contribution in [0, 0.1) is 17.8 Å². The molecule has 1 aromatic carbocycles. The Morgan fingerprint density at radius 3 is 2.61 bits per heavy atom. The largest absolute Gasteiger partial charge is 0.440 e. The average Bonchev–Trinajstić information content (AvgIpc) is 2.97. The van der Waals surface area contributed by atoms with E-state index in [1.807, 2.05) is 18.2 Å². The third-order valence-corrected chi connectivity index (χ3v) is 5.71. The quantitative estimate of drug-likeness (QED) is 0.754. The highest BCUT2D eigenvalue weighted by Gasteiger charge is 2.60. The van der Waals surface area contributed by atoms with Crippen LogP contribution >= 0.6 is 0 Å². The second-order valence-corrected chi connectivity index (χ2v) is 6.69. The van der Waals surface area contributed by atoms with E-state index in [0.29, 0.717) is 5.41 Å². The summed E-state index contributed by atoms with van der Waals surface area (Å²) in [5, 5.41) is 0. The number of oxazole rings is 1. The van der Waals surface area contributed by atoms with Gasteiger partial charge in [0, 0.05) is 0 Å². The molecule has 4 fully saturated rings. The number of aromatic nitrogens is 1. The van der Waals surface area contributed by atoms with Crippen molar-refractivity contribution in [3.63, 3.8) is 0 Å². The third-order valence-electron chi connectivity index (χ3n) is 5.71. The lowest BCUT2D eigenvalue weighted by Gasteiger charge is -2.29. The van der Waals surface area contributed by atoms with Crippen molar-refractivity contribution in [3.05, 3.63) is 30.2 Å². The van der Waals surface area contributed by atoms with Gasteiger partial charge < -0.3 is 4.42 Å². The molecule has 4 bridgehead atoms. The summed E-state index contributed by atoms with van der Waals surface area (Å²) in [5.41, 5.74) is 2.31. The van der Waals surface area contributed by atoms with Crippen LogP contribution in [0.3, 0.4) is 0 Å². The van der Waals surface area contributed by atoms with Gasteiger partial charge >= 0.3 is 0 Å². The topological polar surface area (TPSA) is 26.0 Å². The second-order valence-electron chi connectivity index (χ2n) is 6.69. The van der Waals surface area contributed by atoms with E-state index in [0.717, 1.165) is 34.7 Å². The van der Waals surface area contributed by atoms with Crippen LogP contribution in [-0.2, 0) is 5.41 Å². The number of nitrogens with zero attached hydrogens (tertiary/aromatic N) is 1. The first-order valence-corrected chi connectivity index (χ1v) is 7.19. The van der Waals surface area contributed by atoms with Gasteiger partial charge in [-0.1, -0.05) is 12.1 Å². The van der Waals surface area contributed by atoms with Crippen LogP contribution in [0.4, 0.5) is 0 Å². The Hall–Kier alpha value is -1.31. The lowest BCUT2D eigenvalue weighted by Crippen LogP contribution is -2.28. The van der Waals surface area contributed by atoms with Crippen LogP contribution in [0.25, 0.3) is 11.1 Å². The van der Waals surface area contributed by atoms with Gasteiger partial charge in [0.05, 0.1) is 5.41 Å². The molecule has 92 valence electrons. The van der Waals surface area contributed by atoms with Crippen molar-refractivity contribution in [2.24, 2.45) is 17.8 Å². The molecule has 0 amide bonds. The smallest absolute Gasteiger partial charge is 0.202 e. The van der Waals surface area contributed by atoms with Crippen LogP contribution in [0.5, 0.6) is 0 Å². The first kappa shape index (κ1) is 9.60. The number of rotatable bonds is 1. The number of hydrogen-bond donors (Lipinski definition) is 0. The molecule has 1 heterocycles. The van der Waals surface area contributed by atoms with Crippen molar-refractivity contribution in [1.29, 1.82) is 0 Å². The van der Waals surface area contributed by atoms with Crippen molar-refractivity contribution >= 4 is 11.1 Å². The first-order chi connectivity index (χ1) is 8.83. The summed E-state index contributed by atoms with van der Waals surface area (Å²) >= 11 is 0. The molecule has 18 heavy (non-hydrogen) atoms. The van der Waals surface area contributed by atoms with Crippen LogP contribution in [0.15, 0.2) is 28.7 Å². The van der Waals surface area contributed by atoms with Gasteiger partial charge in [-0.25, -0.2) is 4.98 Å². The molecule has 1 aromatic heterocycles. The highest BCUT2D eigenvalue weighted by atomic mass is 16.3. The Morgan fingerprint density at radius 2 is 1.83 bits per heavy atom. The van der Waals surface area contributed by atoms with Gasteiger partial charge in [0.15, 0.2) is 5.58 Å². The van der Waals surface area contributed by atoms with Gasteiger partial charge in [-0.2, -0.15) is 0 Å². The fourth-order valence-electron chi connectivity index (χ4n) is 5.23. The zero-order valence-corrected chi connectivity index (χ0v) is 10.4. The van der Waals surface area contributed by atoms with Gasteiger partial charge in [0.2, 0.25) is 5.89 Å². The van der Waals surface area contributed by atoms with E-state index in [1.54, 1.807) is 0 Å². The van der Waals surface area contributed by atoms with Gasteiger partial charge in [-0.15, -0.1) is 0 Å². The maximum absolute atomic E-state index is 6.11. The van der Waals surface area contributed by atoms with Crippen molar-refractivity contribution in [1.82, 2.24) is 4.98 Å². The Balaban J connectivity index is 1.70. The summed E-state index contributed by atoms with van der Waals surface area (Å²) in [6, 6.07) is 8.19. The van der Waals surface area contributed by atoms with E-state index in [1.165, 1.54) is 32.1 Å². The molecule has 2 heteroatoms. The maximum Gasteiger partial charge on any atom is 0.202 e. The van der Waals surface area contributed by atoms with E-state index in [-0.39, 0.29) is 0 Å². The van der Waals surface area contributed by atoms with Crippen molar-refractivity contribution in [3.8, 4) is 0 Å². The molecule has 2 nitrogen and oxygen atoms in total. The highest BCUT2D eigenvalue weighted by molar-refractivity contribution is 5.72. The minimum Gasteiger partial charge on any atom is -0.440 e. The van der Waals surface area contributed by atoms with Crippen molar-refractivity contribution in [2.45, 2.75) is 37.5 Å². The maximum atomic E-state index is 6.11. The highest BCUT2D eigenvalue weighted by Crippen LogP contribution is 2.65. The van der Waals surface area contributed by atoms with Gasteiger partial charge in [0.1, 0.15) is 5.52 Å². The normalized spacial score (nSPS) is 41.0. The standard InChI is InChI=1S/C16H17NO/c1-2-4-14-13(3-1)17-15(18-14)16-8-10-5-11(9-16)7-12(16)6-10/h1-4,10-12H,5-9H2. The summed E-state index contributed by atoms with van der Waals surface area (Å²) < 4.78 is 6.11. The Labute approximate surface area is 106 Å². The molecule has 6 rings (SSSR count). The summed E-state index contributed by atoms with van der Waals surface area (Å²) in [5.74, 6) is 3.82. The number of benzene rings is 1. The average molecular weight is 239 g/mol. The Morgan fingerprint density at radius 1 is 1.06 bits per heavy atom. The van der Waals surface area contributed by atoms with Crippen LogP contribution < -0.4 is 0 Å². The van der Waals surface area contributed by atoms with Crippen LogP contribution in [-0.4, -0.2) is 4.98 Å². The van der Waals surface area contributed by atoms with Crippen LogP contribution in [0.1, 0.15) is 38.0 Å². The minimum atomic E-state index is 0.312. The molecule has 4 saturated carbocycles. The molecule has 0 aliphatic heterocycles. The third kappa shape index (κ3) is 1.03. The van der Waals surface area contributed by atoms with Gasteiger partial charge in [-0.05, 0) is 62.0 Å². The molecular weight excluding hydrogens is 222 g/mol. The summed E-state index contributed by atoms with van der Waals surface area (Å²) in [6.07, 6.45) is 6.99. The molecule has 0 radical (unpaired) electrons. The predicted octanol–water partition coefficient (Wildman–Crippen LogP) is 3.91. The summed E-state index contributed by atoms with van der Waals surface area (Å²) in [6.45, 7) is 0. The zero-order chi connectivity index (χ0) is 11.7. The molecule has 4 aliphatic rings. The fourth-order valence-corrected chi connectivity index (χ4v) is 5.23. The Kier molecular flexibility index (Phi) is 1.59. The number of para-hydroxylation sites is 2. The second kappa shape index (κ2) is 2.98. The molecule has 0 N–H and O–H groups in total. The van der Waals surface area contributed by atoms with E-state index in [9.17, 15) is 0 Å². The lowest BCUT2D eigenvalue weighted by molar-refractivity contribution is 0.241. The zero-order valence-electron chi connectivity index (χ0n) is 10.4. The summed E-state index contributed by atoms with van der Waals surface area (Å²) in [4.78, 5) is 4.82. The number of fused-ring (bicyclic) bond motifs is 1. The summed E-state index contributed by atoms with van der Waals surface area (Å²) in [7, 11) is 0. The van der Waals surface area contributed by atoms with Gasteiger partial charge in [-0.3, -0.25) is 0 Å². The SMILES string of the molecule is c1ccc2oc(C34CC5CC(CC3C5)C4)nc2c1. The molecule has 0 saturated heterocycles. The van der Waals surface area contributed by atoms with E-state index >= 15 is 0 Å². The fraction of sp³-hybridized carbons (Fsp3) is 0.562. The molecule has 2 aromatic rings. The molecule has 4 aliphatic carbocycles. The van der Waals surface area contributed by atoms with Gasteiger partial charge in [0.25, 0.3) is 0 Å². The van der Waals surface area contributed by atoms with Crippen molar-refractivity contribution < 1.29 is 4.42 Å². The predicted molar refractivity (Wildman–Crippen MR) is 69.2 cm³/mol. The minimum absolute atomic E-state index is 0.312. The Bertz CT molecular complexity index is 582. The molecular formula is C16H17NO. The van der Waals surface area contributed by atoms with Crippen LogP contribution in [0.2, 0.25) is 0 Å². The molecule has 0 spiro atoms. The lowest BCUT2D eigenvalue weighted by atomic mass is 9.75. The van der Waals surface area contributed by atoms with Crippen molar-refractivity contribution in [2.75, 3.05) is 0 Å². The first-order valence-electron chi connectivity index (χ1n) is 7.19. The van der Waals surface area contributed by atoms with E-state index in [4.69, 9.17) is 9.40 Å². The molecule has 2 unspecified atom stereocenters. The monoisotopic (exact) mass is 239 g/mol. The van der Waals surface area contributed by atoms with E-state index in [2.05, 4.69) is 6.07 Å². The van der Waals surface area contributed by atoms with E-state index < -0.39 is 0 Å².